The standard InChI is InChI=1S/C24H25F3N2O.C14H20F3N3.C9H6O2.2C2H5.BI3.5HI.2V/c1-3-18-6-5-7-20(14-18)23(30)16-19-8-9-21(22(15-19)24(25,26)27)17-29-12-10-28(4-2)11-13-29;1-2-19-5-7-20(8-6-19)10-11-3-4-12(18)9-13(11)14(15,16)17;1-2-7-4-3-5-8(6-7)9(10)11;2*1-2;1-4(2)3;;;;;;;/h1,5-9,14-15H,4,10-13,16-17H2,2H3;3-4,9H,2,5-8,10,18H2,1H3;1,3-6H,(H,10,11);2*1H2,2H3;;5*1H;;/q;;;2*-1;;;;;;;+2;+3/p-5. The summed E-state index contributed by atoms with van der Waals surface area (Å²) in [5.41, 5.74) is 12.3. The van der Waals surface area contributed by atoms with E-state index in [4.69, 9.17) is 29.4 Å². The van der Waals surface area contributed by atoms with E-state index < -0.39 is 41.1 Å². The van der Waals surface area contributed by atoms with Crippen LogP contribution in [-0.4, -0.2) is 108 Å². The van der Waals surface area contributed by atoms with Crippen molar-refractivity contribution >= 4 is 172 Å². The predicted molar refractivity (Wildman–Crippen MR) is 366 cm³/mol. The quantitative estimate of drug-likeness (QED) is 0.0309. The van der Waals surface area contributed by atoms with Crippen LogP contribution in [0.4, 0.5) is 32.0 Å². The van der Waals surface area contributed by atoms with Crippen LogP contribution in [0, 0.1) is 38.5 Å². The molecule has 8 nitrogen and oxygen atoms in total. The van der Waals surface area contributed by atoms with Gasteiger partial charge in [0.2, 0.25) is 0 Å². The number of aromatic carboxylic acids is 1. The molecular weight excluding hydrogens is 1970 g/mol. The number of nitrogens with zero attached hydrogens (tertiary/aromatic N) is 4. The molecule has 25 heteroatoms. The van der Waals surface area contributed by atoms with Crippen LogP contribution in [0.2, 0.25) is 0 Å². The van der Waals surface area contributed by atoms with E-state index in [2.05, 4.69) is 191 Å². The molecule has 4 aromatic rings. The van der Waals surface area contributed by atoms with Gasteiger partial charge in [-0.15, -0.1) is 12.8 Å². The number of carboxylic acids is 1. The monoisotopic (exact) mass is 2030 g/mol. The minimum absolute atomic E-state index is 0.105. The van der Waals surface area contributed by atoms with Crippen LogP contribution < -0.4 is 5.73 Å². The molecule has 2 radical (unpaired) electrons. The molecule has 0 amide bonds. The number of likely N-dealkylation sites (N-methyl/N-ethyl adjacent to an activating group) is 2. The fourth-order valence-corrected chi connectivity index (χ4v) is 6.95. The van der Waals surface area contributed by atoms with Crippen molar-refractivity contribution in [3.05, 3.63) is 149 Å². The summed E-state index contributed by atoms with van der Waals surface area (Å²) in [5, 5.41) is 8.54. The first-order valence-corrected chi connectivity index (χ1v) is 59.0. The summed E-state index contributed by atoms with van der Waals surface area (Å²) in [6.07, 6.45) is 1.51. The molecule has 6 rings (SSSR count). The second-order valence-electron chi connectivity index (χ2n) is 15.2. The molecular formula is C51H61BF6I8N5O3V2-2. The zero-order valence-electron chi connectivity index (χ0n) is 42.2. The van der Waals surface area contributed by atoms with Gasteiger partial charge in [-0.3, -0.25) is 14.6 Å². The third kappa shape index (κ3) is 36.2. The third-order valence-electron chi connectivity index (χ3n) is 10.5. The molecule has 0 saturated carbocycles. The van der Waals surface area contributed by atoms with Crippen molar-refractivity contribution in [2.45, 2.75) is 59.6 Å². The molecule has 0 atom stereocenters. The van der Waals surface area contributed by atoms with Gasteiger partial charge in [-0.05, 0) is 78.3 Å². The summed E-state index contributed by atoms with van der Waals surface area (Å²) in [7, 11) is 0.628. The molecule has 0 unspecified atom stereocenters. The van der Waals surface area contributed by atoms with Gasteiger partial charge in [-0.2, -0.15) is 40.2 Å². The van der Waals surface area contributed by atoms with E-state index in [1.54, 1.807) is 56.3 Å². The van der Waals surface area contributed by atoms with Gasteiger partial charge >= 0.3 is 187 Å². The van der Waals surface area contributed by atoms with Gasteiger partial charge in [-0.25, -0.2) is 4.79 Å². The number of carbonyl (C=O) groups excluding carboxylic acids is 1. The molecule has 2 heterocycles. The maximum absolute atomic E-state index is 13.7. The molecule has 0 spiro atoms. The molecule has 2 aliphatic heterocycles. The number of benzene rings is 4. The fraction of sp³-hybridized carbons (Fsp3) is 0.373. The van der Waals surface area contributed by atoms with Crippen molar-refractivity contribution in [2.75, 3.05) is 71.2 Å². The van der Waals surface area contributed by atoms with Gasteiger partial charge in [0.1, 0.15) is 0 Å². The van der Waals surface area contributed by atoms with Crippen LogP contribution in [0.3, 0.4) is 0 Å². The number of halogens is 14. The van der Waals surface area contributed by atoms with Crippen LogP contribution in [-0.2, 0) is 46.2 Å². The van der Waals surface area contributed by atoms with E-state index in [1.807, 2.05) is 4.90 Å². The van der Waals surface area contributed by atoms with E-state index in [1.165, 1.54) is 30.3 Å². The van der Waals surface area contributed by atoms with Crippen LogP contribution in [0.15, 0.2) is 84.9 Å². The van der Waals surface area contributed by atoms with E-state index in [0.717, 1.165) is 77.6 Å². The average molecular weight is 2030 g/mol. The number of carbonyl (C=O) groups is 2. The van der Waals surface area contributed by atoms with E-state index in [0.29, 0.717) is 43.8 Å². The van der Waals surface area contributed by atoms with Gasteiger partial charge < -0.3 is 34.5 Å². The number of nitrogens with two attached hydrogens (primary N) is 1. The first-order chi connectivity index (χ1) is 35.8. The summed E-state index contributed by atoms with van der Waals surface area (Å²) in [5.74, 6) is 3.60. The second-order valence-corrected chi connectivity index (χ2v) is 85.8. The maximum atomic E-state index is 13.7. The number of terminal acetylenes is 2. The second kappa shape index (κ2) is 45.8. The third-order valence-corrected chi connectivity index (χ3v) is 10.5. The predicted octanol–water partition coefficient (Wildman–Crippen LogP) is 16.4. The van der Waals surface area contributed by atoms with Gasteiger partial charge in [0.05, 0.1) is 16.7 Å². The molecule has 0 aliphatic carbocycles. The van der Waals surface area contributed by atoms with Gasteiger partial charge in [-0.1, -0.05) is 62.1 Å². The van der Waals surface area contributed by atoms with Crippen molar-refractivity contribution in [3.8, 4) is 24.7 Å². The van der Waals surface area contributed by atoms with E-state index >= 15 is 0 Å². The normalized spacial score (nSPS) is 13.7. The number of carboxylic acid groups (broad SMARTS) is 1. The molecule has 76 heavy (non-hydrogen) atoms. The number of piperazine rings is 2. The zero-order chi connectivity index (χ0) is 58.6. The first kappa shape index (κ1) is 79.5. The van der Waals surface area contributed by atoms with Crippen LogP contribution in [0.1, 0.15) is 87.4 Å². The number of nitrogen functional groups attached to an aromatic ring is 1. The fourth-order valence-electron chi connectivity index (χ4n) is 6.95. The Morgan fingerprint density at radius 1 is 0.684 bits per heavy atom. The Bertz CT molecular complexity index is 2340. The molecule has 3 N–H and O–H groups in total. The summed E-state index contributed by atoms with van der Waals surface area (Å²) < 4.78 is 80.2. The Labute approximate surface area is 542 Å². The van der Waals surface area contributed by atoms with Crippen LogP contribution in [0.5, 0.6) is 0 Å². The average Bonchev–Trinajstić information content (AvgIpc) is 3.38. The Hall–Kier alpha value is 1.43. The minimum atomic E-state index is -4.47. The number of ketones is 1. The Morgan fingerprint density at radius 3 is 1.38 bits per heavy atom. The van der Waals surface area contributed by atoms with E-state index in [9.17, 15) is 35.9 Å². The summed E-state index contributed by atoms with van der Waals surface area (Å²) in [6.45, 7) is 23.3. The Balaban J connectivity index is 0. The zero-order valence-corrected chi connectivity index (χ0v) is 62.3. The molecule has 421 valence electrons. The van der Waals surface area contributed by atoms with Crippen molar-refractivity contribution in [1.29, 1.82) is 0 Å². The molecule has 2 saturated heterocycles. The number of anilines is 1. The molecule has 0 bridgehead atoms. The summed E-state index contributed by atoms with van der Waals surface area (Å²) in [4.78, 5) is 31.4. The van der Waals surface area contributed by atoms with Crippen molar-refractivity contribution in [1.82, 2.24) is 19.6 Å². The number of hydrogen-bond acceptors (Lipinski definition) is 7. The van der Waals surface area contributed by atoms with Crippen molar-refractivity contribution in [2.24, 2.45) is 0 Å². The molecule has 0 aromatic heterocycles. The van der Waals surface area contributed by atoms with Crippen molar-refractivity contribution < 1.29 is 55.4 Å². The molecule has 4 aromatic carbocycles. The Kier molecular flexibility index (Phi) is 47.9. The SMILES string of the molecule is C#Cc1cccc(C(=O)Cc2ccc(CN3CCN(CC)CC3)c(C(F)(F)F)c2)c1.C#Cc1cccc(C(=O)O)c1.CCN1CCN(Cc2ccc(N)cc2C(F)(F)F)CC1.[B]I(I)I.[CH2-]C.[CH2-]C.[I][V]([I])[I].[I][V][I]. The molecule has 2 fully saturated rings. The topological polar surface area (TPSA) is 93.3 Å². The molecule has 2 aliphatic rings. The van der Waals surface area contributed by atoms with Gasteiger partial charge in [0.25, 0.3) is 0 Å². The Morgan fingerprint density at radius 2 is 1.03 bits per heavy atom. The summed E-state index contributed by atoms with van der Waals surface area (Å²) >= 11 is 15.8. The number of alkyl halides is 6. The van der Waals surface area contributed by atoms with E-state index in [-0.39, 0.29) is 40.5 Å². The van der Waals surface area contributed by atoms with Crippen molar-refractivity contribution in [3.63, 3.8) is 0 Å². The van der Waals surface area contributed by atoms with Crippen LogP contribution >= 0.6 is 149 Å². The van der Waals surface area contributed by atoms with Gasteiger partial charge in [0, 0.05) is 94.2 Å². The number of Topliss-reactive ketones (excluding diaryl/α,β-unsaturated/α-hetero) is 1. The number of rotatable bonds is 10. The first-order valence-electron chi connectivity index (χ1n) is 22.6. The van der Waals surface area contributed by atoms with Crippen LogP contribution in [0.25, 0.3) is 0 Å². The van der Waals surface area contributed by atoms with Gasteiger partial charge in [0.15, 0.2) is 5.78 Å². The summed E-state index contributed by atoms with van der Waals surface area (Å²) in [6, 6.07) is 21.1. The number of hydrogen-bond donors (Lipinski definition) is 2.